The summed E-state index contributed by atoms with van der Waals surface area (Å²) in [6.45, 7) is 0. The predicted octanol–water partition coefficient (Wildman–Crippen LogP) is 3.11. The first-order valence-electron chi connectivity index (χ1n) is 3.66. The number of thiophene rings is 1. The number of hydrogen-bond donors (Lipinski definition) is 0. The quantitative estimate of drug-likeness (QED) is 0.724. The van der Waals surface area contributed by atoms with Gasteiger partial charge in [-0.25, -0.2) is 0 Å². The van der Waals surface area contributed by atoms with Gasteiger partial charge in [-0.3, -0.25) is 4.79 Å². The zero-order valence-corrected chi connectivity index (χ0v) is 9.52. The number of carbonyl (C=O) groups is 1. The average Bonchev–Trinajstić information content (AvgIpc) is 2.44. The Morgan fingerprint density at radius 1 is 1.42 bits per heavy atom. The number of rotatable bonds is 1. The van der Waals surface area contributed by atoms with E-state index in [4.69, 9.17) is 0 Å². The van der Waals surface area contributed by atoms with Crippen molar-refractivity contribution in [3.8, 4) is 0 Å². The minimum atomic E-state index is 0.907. The SMILES string of the molecule is O=Cc1sc(Br)c2c1CSCC2. The van der Waals surface area contributed by atoms with Crippen LogP contribution in [0.5, 0.6) is 0 Å². The van der Waals surface area contributed by atoms with E-state index in [2.05, 4.69) is 15.9 Å². The summed E-state index contributed by atoms with van der Waals surface area (Å²) in [6.07, 6.45) is 2.07. The molecule has 0 amide bonds. The summed E-state index contributed by atoms with van der Waals surface area (Å²) in [4.78, 5) is 11.6. The van der Waals surface area contributed by atoms with Gasteiger partial charge in [-0.15, -0.1) is 11.3 Å². The maximum Gasteiger partial charge on any atom is 0.160 e. The molecule has 2 rings (SSSR count). The van der Waals surface area contributed by atoms with E-state index >= 15 is 0 Å². The first-order chi connectivity index (χ1) is 5.83. The molecule has 1 aromatic heterocycles. The molecule has 0 bridgehead atoms. The number of thioether (sulfide) groups is 1. The Morgan fingerprint density at radius 2 is 2.25 bits per heavy atom. The Labute approximate surface area is 87.7 Å². The average molecular weight is 263 g/mol. The molecule has 0 spiro atoms. The fourth-order valence-corrected chi connectivity index (χ4v) is 4.33. The second kappa shape index (κ2) is 3.52. The fraction of sp³-hybridized carbons (Fsp3) is 0.375. The van der Waals surface area contributed by atoms with E-state index in [1.165, 1.54) is 16.9 Å². The van der Waals surface area contributed by atoms with Crippen molar-refractivity contribution in [3.05, 3.63) is 19.8 Å². The van der Waals surface area contributed by atoms with Gasteiger partial charge in [-0.1, -0.05) is 0 Å². The summed E-state index contributed by atoms with van der Waals surface area (Å²) in [5.74, 6) is 2.19. The smallest absolute Gasteiger partial charge is 0.160 e. The van der Waals surface area contributed by atoms with E-state index in [0.29, 0.717) is 0 Å². The highest BCUT2D eigenvalue weighted by Gasteiger charge is 2.19. The van der Waals surface area contributed by atoms with Crippen molar-refractivity contribution >= 4 is 45.3 Å². The molecule has 0 saturated heterocycles. The minimum absolute atomic E-state index is 0.907. The third kappa shape index (κ3) is 1.36. The van der Waals surface area contributed by atoms with Crippen molar-refractivity contribution in [1.29, 1.82) is 0 Å². The molecule has 0 saturated carbocycles. The molecule has 2 heterocycles. The zero-order chi connectivity index (χ0) is 8.55. The van der Waals surface area contributed by atoms with Crippen molar-refractivity contribution in [2.75, 3.05) is 5.75 Å². The van der Waals surface area contributed by atoms with Gasteiger partial charge in [0.25, 0.3) is 0 Å². The molecular formula is C8H7BrOS2. The van der Waals surface area contributed by atoms with E-state index < -0.39 is 0 Å². The topological polar surface area (TPSA) is 17.1 Å². The summed E-state index contributed by atoms with van der Waals surface area (Å²) in [7, 11) is 0. The summed E-state index contributed by atoms with van der Waals surface area (Å²) < 4.78 is 1.15. The standard InChI is InChI=1S/C8H7BrOS2/c9-8-5-1-2-11-4-6(5)7(3-10)12-8/h3H,1-2,4H2. The molecule has 1 nitrogen and oxygen atoms in total. The third-order valence-electron chi connectivity index (χ3n) is 1.95. The third-order valence-corrected chi connectivity index (χ3v) is 4.89. The van der Waals surface area contributed by atoms with Gasteiger partial charge in [0, 0.05) is 5.75 Å². The molecule has 1 aliphatic heterocycles. The zero-order valence-electron chi connectivity index (χ0n) is 6.30. The van der Waals surface area contributed by atoms with Gasteiger partial charge < -0.3 is 0 Å². The van der Waals surface area contributed by atoms with Gasteiger partial charge in [0.15, 0.2) is 6.29 Å². The Kier molecular flexibility index (Phi) is 2.57. The molecule has 0 atom stereocenters. The molecule has 0 aliphatic carbocycles. The van der Waals surface area contributed by atoms with Crippen LogP contribution in [0.4, 0.5) is 0 Å². The molecule has 4 heteroatoms. The molecule has 0 unspecified atom stereocenters. The molecule has 64 valence electrons. The van der Waals surface area contributed by atoms with Crippen LogP contribution >= 0.6 is 39.0 Å². The van der Waals surface area contributed by atoms with E-state index in [-0.39, 0.29) is 0 Å². The first kappa shape index (κ1) is 8.78. The van der Waals surface area contributed by atoms with Crippen LogP contribution in [0.1, 0.15) is 20.8 Å². The van der Waals surface area contributed by atoms with Gasteiger partial charge in [0.05, 0.1) is 8.66 Å². The maximum atomic E-state index is 10.7. The van der Waals surface area contributed by atoms with Crippen LogP contribution in [0.15, 0.2) is 3.79 Å². The monoisotopic (exact) mass is 262 g/mol. The molecule has 12 heavy (non-hydrogen) atoms. The molecule has 0 fully saturated rings. The Hall–Kier alpha value is 0.200. The maximum absolute atomic E-state index is 10.7. The van der Waals surface area contributed by atoms with Crippen LogP contribution in [-0.4, -0.2) is 12.0 Å². The number of halogens is 1. The van der Waals surface area contributed by atoms with E-state index in [9.17, 15) is 4.79 Å². The van der Waals surface area contributed by atoms with E-state index in [1.54, 1.807) is 11.3 Å². The van der Waals surface area contributed by atoms with Gasteiger partial charge in [-0.05, 0) is 39.2 Å². The van der Waals surface area contributed by atoms with Gasteiger partial charge in [0.1, 0.15) is 0 Å². The molecule has 1 aromatic rings. The van der Waals surface area contributed by atoms with Crippen molar-refractivity contribution in [2.24, 2.45) is 0 Å². The van der Waals surface area contributed by atoms with Crippen molar-refractivity contribution in [3.63, 3.8) is 0 Å². The molecular weight excluding hydrogens is 256 g/mol. The van der Waals surface area contributed by atoms with Gasteiger partial charge >= 0.3 is 0 Å². The Morgan fingerprint density at radius 3 is 3.00 bits per heavy atom. The lowest BCUT2D eigenvalue weighted by molar-refractivity contribution is 0.112. The molecule has 0 aromatic carbocycles. The molecule has 0 radical (unpaired) electrons. The Balaban J connectivity index is 2.53. The van der Waals surface area contributed by atoms with Crippen LogP contribution < -0.4 is 0 Å². The molecule has 0 N–H and O–H groups in total. The van der Waals surface area contributed by atoms with Crippen molar-refractivity contribution in [2.45, 2.75) is 12.2 Å². The highest BCUT2D eigenvalue weighted by Crippen LogP contribution is 2.38. The summed E-state index contributed by atoms with van der Waals surface area (Å²) in [5, 5.41) is 0. The summed E-state index contributed by atoms with van der Waals surface area (Å²) >= 11 is 6.97. The van der Waals surface area contributed by atoms with E-state index in [1.807, 2.05) is 11.8 Å². The van der Waals surface area contributed by atoms with Crippen LogP contribution in [0.3, 0.4) is 0 Å². The number of hydrogen-bond acceptors (Lipinski definition) is 3. The van der Waals surface area contributed by atoms with Crippen LogP contribution in [-0.2, 0) is 12.2 Å². The lowest BCUT2D eigenvalue weighted by Gasteiger charge is -2.11. The van der Waals surface area contributed by atoms with Crippen molar-refractivity contribution < 1.29 is 4.79 Å². The lowest BCUT2D eigenvalue weighted by Crippen LogP contribution is -2.00. The largest absolute Gasteiger partial charge is 0.297 e. The van der Waals surface area contributed by atoms with Crippen LogP contribution in [0, 0.1) is 0 Å². The minimum Gasteiger partial charge on any atom is -0.297 e. The Bertz CT molecular complexity index is 319. The van der Waals surface area contributed by atoms with Crippen molar-refractivity contribution in [1.82, 2.24) is 0 Å². The number of carbonyl (C=O) groups excluding carboxylic acids is 1. The lowest BCUT2D eigenvalue weighted by atomic mass is 10.1. The van der Waals surface area contributed by atoms with Gasteiger partial charge in [-0.2, -0.15) is 11.8 Å². The summed E-state index contributed by atoms with van der Waals surface area (Å²) in [6, 6.07) is 0. The van der Waals surface area contributed by atoms with Gasteiger partial charge in [0.2, 0.25) is 0 Å². The second-order valence-corrected chi connectivity index (χ2v) is 6.09. The highest BCUT2D eigenvalue weighted by molar-refractivity contribution is 9.11. The number of fused-ring (bicyclic) bond motifs is 1. The predicted molar refractivity (Wildman–Crippen MR) is 57.3 cm³/mol. The number of aldehydes is 1. The fourth-order valence-electron chi connectivity index (χ4n) is 1.34. The first-order valence-corrected chi connectivity index (χ1v) is 6.42. The van der Waals surface area contributed by atoms with Crippen LogP contribution in [0.25, 0.3) is 0 Å². The normalized spacial score (nSPS) is 15.8. The second-order valence-electron chi connectivity index (χ2n) is 2.62. The molecule has 1 aliphatic rings. The summed E-state index contributed by atoms with van der Waals surface area (Å²) in [5.41, 5.74) is 2.62. The highest BCUT2D eigenvalue weighted by atomic mass is 79.9. The van der Waals surface area contributed by atoms with E-state index in [0.717, 1.165) is 27.1 Å². The van der Waals surface area contributed by atoms with Crippen LogP contribution in [0.2, 0.25) is 0 Å².